The Kier molecular flexibility index (Phi) is 5.67. The maximum atomic E-state index is 14.5. The van der Waals surface area contributed by atoms with Crippen LogP contribution in [0.15, 0.2) is 77.8 Å². The summed E-state index contributed by atoms with van der Waals surface area (Å²) in [7, 11) is 1.63. The highest BCUT2D eigenvalue weighted by atomic mass is 19.1. The third-order valence-electron chi connectivity index (χ3n) is 7.55. The molecule has 1 heterocycles. The molecule has 2 saturated carbocycles. The summed E-state index contributed by atoms with van der Waals surface area (Å²) in [5, 5.41) is 0. The number of nitrogens with zero attached hydrogens (tertiary/aromatic N) is 2. The molecule has 0 N–H and O–H groups in total. The molecule has 36 heavy (non-hydrogen) atoms. The van der Waals surface area contributed by atoms with Gasteiger partial charge in [-0.15, -0.1) is 0 Å². The maximum Gasteiger partial charge on any atom is 0.230 e. The van der Waals surface area contributed by atoms with Crippen LogP contribution in [0.5, 0.6) is 5.75 Å². The Bertz CT molecular complexity index is 1360. The van der Waals surface area contributed by atoms with Crippen LogP contribution >= 0.6 is 0 Å². The number of carbonyl (C=O) groups excluding carboxylic acids is 2. The van der Waals surface area contributed by atoms with Crippen molar-refractivity contribution in [2.24, 2.45) is 16.8 Å². The molecule has 0 bridgehead atoms. The van der Waals surface area contributed by atoms with Gasteiger partial charge in [0.2, 0.25) is 5.91 Å². The Morgan fingerprint density at radius 2 is 1.75 bits per heavy atom. The van der Waals surface area contributed by atoms with Gasteiger partial charge >= 0.3 is 0 Å². The van der Waals surface area contributed by atoms with Crippen LogP contribution in [0.2, 0.25) is 0 Å². The molecule has 182 valence electrons. The van der Waals surface area contributed by atoms with Crippen LogP contribution in [0.3, 0.4) is 0 Å². The average molecular weight is 483 g/mol. The SMILES string of the molecule is COc1ccc(C2CC(=O)C3C(=Nc4ccccc4N(C(=O)C4CC4)C3c3cccc(F)c3)C2)cc1. The first-order chi connectivity index (χ1) is 17.5. The van der Waals surface area contributed by atoms with Crippen LogP contribution in [0, 0.1) is 17.7 Å². The zero-order valence-electron chi connectivity index (χ0n) is 20.1. The van der Waals surface area contributed by atoms with Gasteiger partial charge in [-0.3, -0.25) is 14.6 Å². The molecule has 1 aliphatic heterocycles. The summed E-state index contributed by atoms with van der Waals surface area (Å²) >= 11 is 0. The minimum Gasteiger partial charge on any atom is -0.497 e. The smallest absolute Gasteiger partial charge is 0.230 e. The van der Waals surface area contributed by atoms with Crippen molar-refractivity contribution in [2.75, 3.05) is 12.0 Å². The summed E-state index contributed by atoms with van der Waals surface area (Å²) < 4.78 is 19.7. The van der Waals surface area contributed by atoms with Crippen LogP contribution in [0.25, 0.3) is 0 Å². The predicted molar refractivity (Wildman–Crippen MR) is 136 cm³/mol. The molecule has 1 amide bonds. The van der Waals surface area contributed by atoms with E-state index in [1.807, 2.05) is 54.6 Å². The number of amides is 1. The van der Waals surface area contributed by atoms with E-state index in [-0.39, 0.29) is 29.3 Å². The molecule has 2 fully saturated rings. The van der Waals surface area contributed by atoms with Gasteiger partial charge in [-0.1, -0.05) is 36.4 Å². The first-order valence-electron chi connectivity index (χ1n) is 12.4. The third-order valence-corrected chi connectivity index (χ3v) is 7.55. The molecule has 2 aliphatic carbocycles. The van der Waals surface area contributed by atoms with E-state index in [4.69, 9.17) is 9.73 Å². The number of para-hydroxylation sites is 2. The summed E-state index contributed by atoms with van der Waals surface area (Å²) in [5.74, 6) is -0.335. The molecule has 3 aromatic carbocycles. The van der Waals surface area contributed by atoms with Gasteiger partial charge in [0.25, 0.3) is 0 Å². The second-order valence-corrected chi connectivity index (χ2v) is 9.90. The standard InChI is InChI=1S/C30H27FN2O3/c1-36-23-13-11-18(12-14-23)21-16-25-28(27(34)17-21)29(20-5-4-6-22(31)15-20)33(30(35)19-9-10-19)26-8-3-2-7-24(26)32-25/h2-8,11-15,19,21,28-29H,9-10,16-17H2,1H3. The fourth-order valence-electron chi connectivity index (χ4n) is 5.62. The lowest BCUT2D eigenvalue weighted by Gasteiger charge is -2.39. The molecule has 0 spiro atoms. The van der Waals surface area contributed by atoms with Crippen molar-refractivity contribution >= 4 is 28.8 Å². The average Bonchev–Trinajstić information content (AvgIpc) is 3.74. The highest BCUT2D eigenvalue weighted by Gasteiger charge is 2.48. The maximum absolute atomic E-state index is 14.5. The molecular weight excluding hydrogens is 455 g/mol. The number of ketones is 1. The molecule has 6 rings (SSSR count). The van der Waals surface area contributed by atoms with Crippen LogP contribution in [0.4, 0.5) is 15.8 Å². The normalized spacial score (nSPS) is 23.3. The minimum atomic E-state index is -0.638. The lowest BCUT2D eigenvalue weighted by atomic mass is 9.72. The number of hydrogen-bond acceptors (Lipinski definition) is 4. The molecule has 3 unspecified atom stereocenters. The van der Waals surface area contributed by atoms with Crippen LogP contribution < -0.4 is 9.64 Å². The fraction of sp³-hybridized carbons (Fsp3) is 0.300. The van der Waals surface area contributed by atoms with Gasteiger partial charge in [0, 0.05) is 18.1 Å². The summed E-state index contributed by atoms with van der Waals surface area (Å²) in [6.07, 6.45) is 2.59. The van der Waals surface area contributed by atoms with Crippen molar-refractivity contribution in [1.82, 2.24) is 0 Å². The molecule has 5 nitrogen and oxygen atoms in total. The molecular formula is C30H27FN2O3. The van der Waals surface area contributed by atoms with E-state index >= 15 is 0 Å². The van der Waals surface area contributed by atoms with Crippen molar-refractivity contribution in [1.29, 1.82) is 0 Å². The van der Waals surface area contributed by atoms with Gasteiger partial charge in [0.05, 0.1) is 30.4 Å². The number of fused-ring (bicyclic) bond motifs is 2. The monoisotopic (exact) mass is 482 g/mol. The summed E-state index contributed by atoms with van der Waals surface area (Å²) in [6, 6.07) is 21.0. The number of ether oxygens (including phenoxy) is 1. The Morgan fingerprint density at radius 3 is 2.47 bits per heavy atom. The molecule has 0 radical (unpaired) electrons. The quantitative estimate of drug-likeness (QED) is 0.447. The molecule has 3 aliphatic rings. The fourth-order valence-corrected chi connectivity index (χ4v) is 5.62. The highest BCUT2D eigenvalue weighted by Crippen LogP contribution is 2.49. The number of benzene rings is 3. The summed E-state index contributed by atoms with van der Waals surface area (Å²) in [6.45, 7) is 0. The number of halogens is 1. The first-order valence-corrected chi connectivity index (χ1v) is 12.4. The first kappa shape index (κ1) is 22.7. The second kappa shape index (κ2) is 9.01. The molecule has 0 aromatic heterocycles. The van der Waals surface area contributed by atoms with E-state index in [1.54, 1.807) is 18.1 Å². The zero-order valence-corrected chi connectivity index (χ0v) is 20.1. The molecule has 6 heteroatoms. The van der Waals surface area contributed by atoms with Crippen molar-refractivity contribution in [3.8, 4) is 5.75 Å². The predicted octanol–water partition coefficient (Wildman–Crippen LogP) is 6.17. The van der Waals surface area contributed by atoms with Gasteiger partial charge in [-0.25, -0.2) is 4.39 Å². The summed E-state index contributed by atoms with van der Waals surface area (Å²) in [5.41, 5.74) is 3.78. The topological polar surface area (TPSA) is 59.0 Å². The zero-order chi connectivity index (χ0) is 24.8. The largest absolute Gasteiger partial charge is 0.497 e. The number of aliphatic imine (C=N–C) groups is 1. The number of Topliss-reactive ketones (excluding diaryl/α,β-unsaturated/α-hetero) is 1. The Balaban J connectivity index is 1.49. The van der Waals surface area contributed by atoms with Crippen molar-refractivity contribution in [3.05, 3.63) is 89.7 Å². The van der Waals surface area contributed by atoms with Gasteiger partial charge in [-0.05, 0) is 72.7 Å². The third kappa shape index (κ3) is 4.00. The number of carbonyl (C=O) groups is 2. The number of methoxy groups -OCH3 is 1. The number of anilines is 1. The van der Waals surface area contributed by atoms with Crippen LogP contribution in [-0.2, 0) is 9.59 Å². The Labute approximate surface area is 209 Å². The minimum absolute atomic E-state index is 0.0155. The van der Waals surface area contributed by atoms with E-state index in [1.165, 1.54) is 12.1 Å². The van der Waals surface area contributed by atoms with Crippen LogP contribution in [-0.4, -0.2) is 24.5 Å². The van der Waals surface area contributed by atoms with E-state index in [0.717, 1.165) is 29.9 Å². The lowest BCUT2D eigenvalue weighted by molar-refractivity contribution is -0.123. The second-order valence-electron chi connectivity index (χ2n) is 9.90. The van der Waals surface area contributed by atoms with Gasteiger partial charge in [-0.2, -0.15) is 0 Å². The van der Waals surface area contributed by atoms with Crippen molar-refractivity contribution in [3.63, 3.8) is 0 Å². The lowest BCUT2D eigenvalue weighted by Crippen LogP contribution is -2.46. The highest BCUT2D eigenvalue weighted by molar-refractivity contribution is 6.13. The van der Waals surface area contributed by atoms with Crippen molar-refractivity contribution in [2.45, 2.75) is 37.6 Å². The molecule has 3 aromatic rings. The van der Waals surface area contributed by atoms with Gasteiger partial charge < -0.3 is 9.64 Å². The Morgan fingerprint density at radius 1 is 0.972 bits per heavy atom. The molecule has 3 atom stereocenters. The van der Waals surface area contributed by atoms with Crippen LogP contribution in [0.1, 0.15) is 48.8 Å². The van der Waals surface area contributed by atoms with Gasteiger partial charge in [0.15, 0.2) is 0 Å². The number of hydrogen-bond donors (Lipinski definition) is 0. The Hall–Kier alpha value is -3.80. The molecule has 0 saturated heterocycles. The number of rotatable bonds is 4. The van der Waals surface area contributed by atoms with Gasteiger partial charge in [0.1, 0.15) is 17.3 Å². The van der Waals surface area contributed by atoms with E-state index in [2.05, 4.69) is 0 Å². The summed E-state index contributed by atoms with van der Waals surface area (Å²) in [4.78, 5) is 34.4. The van der Waals surface area contributed by atoms with E-state index in [9.17, 15) is 14.0 Å². The van der Waals surface area contributed by atoms with E-state index in [0.29, 0.717) is 29.8 Å². The van der Waals surface area contributed by atoms with E-state index < -0.39 is 12.0 Å². The van der Waals surface area contributed by atoms with Crippen molar-refractivity contribution < 1.29 is 18.7 Å².